The molecule has 0 aliphatic heterocycles. The lowest BCUT2D eigenvalue weighted by Gasteiger charge is -2.10. The summed E-state index contributed by atoms with van der Waals surface area (Å²) in [4.78, 5) is 11.4. The second kappa shape index (κ2) is 9.75. The molecule has 0 heterocycles. The first-order chi connectivity index (χ1) is 7.60. The maximum Gasteiger partial charge on any atom is 0.133 e. The van der Waals surface area contributed by atoms with Crippen molar-refractivity contribution in [1.29, 1.82) is 0 Å². The van der Waals surface area contributed by atoms with E-state index in [0.717, 1.165) is 19.5 Å². The van der Waals surface area contributed by atoms with E-state index in [0.29, 0.717) is 12.3 Å². The molecular formula is C12H25NO3. The molecule has 0 aromatic heterocycles. The van der Waals surface area contributed by atoms with Crippen LogP contribution in [0, 0.1) is 11.8 Å². The normalized spacial score (nSPS) is 11.4. The molecule has 0 aliphatic carbocycles. The Morgan fingerprint density at radius 3 is 2.38 bits per heavy atom. The van der Waals surface area contributed by atoms with Crippen molar-refractivity contribution in [3.8, 4) is 0 Å². The van der Waals surface area contributed by atoms with Crippen LogP contribution >= 0.6 is 0 Å². The number of aliphatic hydroxyl groups excluding tert-OH is 2. The Hall–Kier alpha value is -0.450. The van der Waals surface area contributed by atoms with E-state index in [1.165, 1.54) is 0 Å². The molecule has 0 rings (SSSR count). The summed E-state index contributed by atoms with van der Waals surface area (Å²) < 4.78 is 0. The number of nitrogens with one attached hydrogen (secondary N) is 1. The molecule has 0 fully saturated rings. The zero-order valence-electron chi connectivity index (χ0n) is 10.4. The summed E-state index contributed by atoms with van der Waals surface area (Å²) in [6, 6.07) is 0. The van der Waals surface area contributed by atoms with Gasteiger partial charge in [-0.05, 0) is 25.4 Å². The van der Waals surface area contributed by atoms with Gasteiger partial charge in [0, 0.05) is 32.0 Å². The molecule has 16 heavy (non-hydrogen) atoms. The predicted octanol–water partition coefficient (Wildman–Crippen LogP) is 0.572. The van der Waals surface area contributed by atoms with Crippen LogP contribution in [0.25, 0.3) is 0 Å². The SMILES string of the molecule is CC(C)CNCCCC(=O)CC(CO)CO. The van der Waals surface area contributed by atoms with Crippen molar-refractivity contribution in [2.45, 2.75) is 33.1 Å². The van der Waals surface area contributed by atoms with Gasteiger partial charge in [0.1, 0.15) is 5.78 Å². The molecule has 0 saturated heterocycles. The van der Waals surface area contributed by atoms with Gasteiger partial charge in [-0.3, -0.25) is 4.79 Å². The minimum Gasteiger partial charge on any atom is -0.396 e. The molecular weight excluding hydrogens is 206 g/mol. The number of hydrogen-bond acceptors (Lipinski definition) is 4. The van der Waals surface area contributed by atoms with Crippen molar-refractivity contribution in [1.82, 2.24) is 5.32 Å². The van der Waals surface area contributed by atoms with Crippen molar-refractivity contribution >= 4 is 5.78 Å². The Labute approximate surface area is 98.1 Å². The van der Waals surface area contributed by atoms with Crippen molar-refractivity contribution in [3.05, 3.63) is 0 Å². The van der Waals surface area contributed by atoms with Gasteiger partial charge in [-0.25, -0.2) is 0 Å². The first-order valence-electron chi connectivity index (χ1n) is 6.04. The summed E-state index contributed by atoms with van der Waals surface area (Å²) in [5.41, 5.74) is 0. The zero-order valence-corrected chi connectivity index (χ0v) is 10.4. The lowest BCUT2D eigenvalue weighted by molar-refractivity contribution is -0.120. The number of hydrogen-bond donors (Lipinski definition) is 3. The molecule has 0 radical (unpaired) electrons. The van der Waals surface area contributed by atoms with E-state index in [1.807, 2.05) is 0 Å². The van der Waals surface area contributed by atoms with E-state index >= 15 is 0 Å². The summed E-state index contributed by atoms with van der Waals surface area (Å²) in [6.07, 6.45) is 1.65. The van der Waals surface area contributed by atoms with E-state index in [1.54, 1.807) is 0 Å². The maximum atomic E-state index is 11.4. The average molecular weight is 231 g/mol. The molecule has 3 N–H and O–H groups in total. The van der Waals surface area contributed by atoms with Crippen molar-refractivity contribution in [2.24, 2.45) is 11.8 Å². The summed E-state index contributed by atoms with van der Waals surface area (Å²) in [7, 11) is 0. The van der Waals surface area contributed by atoms with Gasteiger partial charge >= 0.3 is 0 Å². The first kappa shape index (κ1) is 15.6. The van der Waals surface area contributed by atoms with Crippen molar-refractivity contribution < 1.29 is 15.0 Å². The third-order valence-electron chi connectivity index (χ3n) is 2.39. The lowest BCUT2D eigenvalue weighted by Crippen LogP contribution is -2.22. The quantitative estimate of drug-likeness (QED) is 0.481. The second-order valence-corrected chi connectivity index (χ2v) is 4.68. The van der Waals surface area contributed by atoms with Gasteiger partial charge in [0.25, 0.3) is 0 Å². The maximum absolute atomic E-state index is 11.4. The van der Waals surface area contributed by atoms with Crippen LogP contribution in [-0.2, 0) is 4.79 Å². The fourth-order valence-electron chi connectivity index (χ4n) is 1.41. The molecule has 0 atom stereocenters. The summed E-state index contributed by atoms with van der Waals surface area (Å²) >= 11 is 0. The molecule has 0 unspecified atom stereocenters. The topological polar surface area (TPSA) is 69.6 Å². The highest BCUT2D eigenvalue weighted by Crippen LogP contribution is 2.05. The smallest absolute Gasteiger partial charge is 0.133 e. The highest BCUT2D eigenvalue weighted by atomic mass is 16.3. The third-order valence-corrected chi connectivity index (χ3v) is 2.39. The van der Waals surface area contributed by atoms with Crippen LogP contribution in [-0.4, -0.2) is 42.3 Å². The highest BCUT2D eigenvalue weighted by molar-refractivity contribution is 5.78. The Kier molecular flexibility index (Phi) is 9.48. The Morgan fingerprint density at radius 2 is 1.88 bits per heavy atom. The van der Waals surface area contributed by atoms with E-state index < -0.39 is 0 Å². The predicted molar refractivity (Wildman–Crippen MR) is 64.2 cm³/mol. The highest BCUT2D eigenvalue weighted by Gasteiger charge is 2.11. The molecule has 0 aromatic rings. The number of Topliss-reactive ketones (excluding diaryl/α,β-unsaturated/α-hetero) is 1. The summed E-state index contributed by atoms with van der Waals surface area (Å²) in [5, 5.41) is 20.9. The molecule has 0 saturated carbocycles. The van der Waals surface area contributed by atoms with Gasteiger partial charge in [-0.2, -0.15) is 0 Å². The molecule has 0 spiro atoms. The van der Waals surface area contributed by atoms with Gasteiger partial charge in [0.05, 0.1) is 0 Å². The third kappa shape index (κ3) is 8.83. The Bertz CT molecular complexity index is 179. The summed E-state index contributed by atoms with van der Waals surface area (Å²) in [6.45, 7) is 5.88. The molecule has 0 amide bonds. The molecule has 4 heteroatoms. The first-order valence-corrected chi connectivity index (χ1v) is 6.04. The average Bonchev–Trinajstić information content (AvgIpc) is 2.25. The van der Waals surface area contributed by atoms with Crippen LogP contribution in [0.2, 0.25) is 0 Å². The molecule has 0 aromatic carbocycles. The largest absolute Gasteiger partial charge is 0.396 e. The van der Waals surface area contributed by atoms with Crippen molar-refractivity contribution in [3.63, 3.8) is 0 Å². The lowest BCUT2D eigenvalue weighted by atomic mass is 10.0. The number of rotatable bonds is 10. The van der Waals surface area contributed by atoms with E-state index in [9.17, 15) is 4.79 Å². The van der Waals surface area contributed by atoms with Gasteiger partial charge in [0.15, 0.2) is 0 Å². The fraction of sp³-hybridized carbons (Fsp3) is 0.917. The number of carbonyl (C=O) groups excluding carboxylic acids is 1. The number of ketones is 1. The van der Waals surface area contributed by atoms with E-state index in [-0.39, 0.29) is 31.3 Å². The minimum absolute atomic E-state index is 0.117. The molecule has 4 nitrogen and oxygen atoms in total. The number of aliphatic hydroxyl groups is 2. The number of carbonyl (C=O) groups is 1. The monoisotopic (exact) mass is 231 g/mol. The fourth-order valence-corrected chi connectivity index (χ4v) is 1.41. The van der Waals surface area contributed by atoms with Crippen LogP contribution in [0.4, 0.5) is 0 Å². The molecule has 0 aliphatic rings. The van der Waals surface area contributed by atoms with Gasteiger partial charge in [0.2, 0.25) is 0 Å². The minimum atomic E-state index is -0.281. The summed E-state index contributed by atoms with van der Waals surface area (Å²) in [5.74, 6) is 0.472. The Morgan fingerprint density at radius 1 is 1.25 bits per heavy atom. The van der Waals surface area contributed by atoms with Crippen LogP contribution < -0.4 is 5.32 Å². The van der Waals surface area contributed by atoms with Gasteiger partial charge < -0.3 is 15.5 Å². The second-order valence-electron chi connectivity index (χ2n) is 4.68. The van der Waals surface area contributed by atoms with Crippen LogP contribution in [0.15, 0.2) is 0 Å². The van der Waals surface area contributed by atoms with Crippen LogP contribution in [0.3, 0.4) is 0 Å². The van der Waals surface area contributed by atoms with Gasteiger partial charge in [-0.1, -0.05) is 13.8 Å². The van der Waals surface area contributed by atoms with Crippen LogP contribution in [0.5, 0.6) is 0 Å². The van der Waals surface area contributed by atoms with E-state index in [4.69, 9.17) is 10.2 Å². The van der Waals surface area contributed by atoms with Crippen LogP contribution in [0.1, 0.15) is 33.1 Å². The standard InChI is InChI=1S/C12H25NO3/c1-10(2)7-13-5-3-4-12(16)6-11(8-14)9-15/h10-11,13-15H,3-9H2,1-2H3. The Balaban J connectivity index is 3.43. The molecule has 96 valence electrons. The zero-order chi connectivity index (χ0) is 12.4. The van der Waals surface area contributed by atoms with Crippen molar-refractivity contribution in [2.75, 3.05) is 26.3 Å². The molecule has 0 bridgehead atoms. The van der Waals surface area contributed by atoms with E-state index in [2.05, 4.69) is 19.2 Å². The van der Waals surface area contributed by atoms with Gasteiger partial charge in [-0.15, -0.1) is 0 Å².